The molecule has 0 atom stereocenters. The Bertz CT molecular complexity index is 89.4. The van der Waals surface area contributed by atoms with E-state index in [-0.39, 0.29) is 37.7 Å². The summed E-state index contributed by atoms with van der Waals surface area (Å²) in [7, 11) is -2.10. The SMILES string of the molecule is CC(C)CCCCCOB([O-])[O-].[Ca+2]. The van der Waals surface area contributed by atoms with Gasteiger partial charge in [0.2, 0.25) is 0 Å². The predicted octanol–water partition coefficient (Wildman–Crippen LogP) is -0.456. The summed E-state index contributed by atoms with van der Waals surface area (Å²) in [6.45, 7) is 4.68. The van der Waals surface area contributed by atoms with Crippen LogP contribution < -0.4 is 10.0 Å². The van der Waals surface area contributed by atoms with Crippen LogP contribution >= 0.6 is 0 Å². The molecule has 5 heteroatoms. The molecule has 72 valence electrons. The Morgan fingerprint density at radius 1 is 1.15 bits per heavy atom. The largest absolute Gasteiger partial charge is 2.00 e. The van der Waals surface area contributed by atoms with Crippen molar-refractivity contribution in [2.24, 2.45) is 5.92 Å². The van der Waals surface area contributed by atoms with Gasteiger partial charge in [-0.15, -0.1) is 0 Å². The molecule has 0 aromatic heterocycles. The molecule has 0 aromatic rings. The molecule has 0 fully saturated rings. The van der Waals surface area contributed by atoms with E-state index in [1.165, 1.54) is 6.42 Å². The third-order valence-electron chi connectivity index (χ3n) is 1.68. The summed E-state index contributed by atoms with van der Waals surface area (Å²) in [4.78, 5) is 0. The zero-order valence-electron chi connectivity index (χ0n) is 8.62. The van der Waals surface area contributed by atoms with E-state index >= 15 is 0 Å². The van der Waals surface area contributed by atoms with E-state index in [0.717, 1.165) is 25.2 Å². The molecular weight excluding hydrogens is 195 g/mol. The number of unbranched alkanes of at least 4 members (excludes halogenated alkanes) is 2. The molecule has 0 rings (SSSR count). The summed E-state index contributed by atoms with van der Waals surface area (Å²) in [6, 6.07) is 0. The number of hydrogen-bond acceptors (Lipinski definition) is 3. The molecule has 3 nitrogen and oxygen atoms in total. The van der Waals surface area contributed by atoms with Crippen LogP contribution in [0.3, 0.4) is 0 Å². The van der Waals surface area contributed by atoms with Crippen LogP contribution in [0.5, 0.6) is 0 Å². The van der Waals surface area contributed by atoms with Crippen LogP contribution in [0.25, 0.3) is 0 Å². The Balaban J connectivity index is 0. The molecule has 0 aromatic carbocycles. The predicted molar refractivity (Wildman–Crippen MR) is 50.8 cm³/mol. The van der Waals surface area contributed by atoms with Gasteiger partial charge in [-0.05, 0) is 12.3 Å². The monoisotopic (exact) mass is 212 g/mol. The van der Waals surface area contributed by atoms with Crippen molar-refractivity contribution in [1.29, 1.82) is 0 Å². The molecule has 0 heterocycles. The number of rotatable bonds is 7. The molecule has 0 N–H and O–H groups in total. The second kappa shape index (κ2) is 11.3. The van der Waals surface area contributed by atoms with E-state index in [1.807, 2.05) is 0 Å². The Morgan fingerprint density at radius 3 is 2.23 bits per heavy atom. The normalized spacial score (nSPS) is 9.92. The van der Waals surface area contributed by atoms with Gasteiger partial charge in [0.25, 0.3) is 0 Å². The van der Waals surface area contributed by atoms with Crippen molar-refractivity contribution in [2.75, 3.05) is 6.61 Å². The first-order valence-corrected chi connectivity index (χ1v) is 4.56. The summed E-state index contributed by atoms with van der Waals surface area (Å²) in [5, 5.41) is 19.8. The van der Waals surface area contributed by atoms with Gasteiger partial charge in [0.05, 0.1) is 7.32 Å². The molecule has 0 unspecified atom stereocenters. The first kappa shape index (κ1) is 16.6. The van der Waals surface area contributed by atoms with Crippen LogP contribution in [0.1, 0.15) is 39.5 Å². The first-order chi connectivity index (χ1) is 5.63. The molecule has 0 aliphatic heterocycles. The van der Waals surface area contributed by atoms with Crippen molar-refractivity contribution < 1.29 is 14.7 Å². The third kappa shape index (κ3) is 15.9. The van der Waals surface area contributed by atoms with Gasteiger partial charge in [0.1, 0.15) is 0 Å². The average molecular weight is 212 g/mol. The topological polar surface area (TPSA) is 55.3 Å². The summed E-state index contributed by atoms with van der Waals surface area (Å²) >= 11 is 0. The second-order valence-electron chi connectivity index (χ2n) is 3.40. The Kier molecular flexibility index (Phi) is 14.4. The average Bonchev–Trinajstić information content (AvgIpc) is 1.95. The van der Waals surface area contributed by atoms with Crippen molar-refractivity contribution in [2.45, 2.75) is 39.5 Å². The van der Waals surface area contributed by atoms with Crippen molar-refractivity contribution in [3.8, 4) is 0 Å². The van der Waals surface area contributed by atoms with Crippen molar-refractivity contribution in [3.05, 3.63) is 0 Å². The summed E-state index contributed by atoms with van der Waals surface area (Å²) in [5.74, 6) is 0.734. The van der Waals surface area contributed by atoms with Gasteiger partial charge >= 0.3 is 37.7 Å². The van der Waals surface area contributed by atoms with Gasteiger partial charge in [-0.3, -0.25) is 0 Å². The Labute approximate surface area is 111 Å². The molecule has 0 radical (unpaired) electrons. The minimum absolute atomic E-state index is 0. The van der Waals surface area contributed by atoms with Crippen LogP contribution in [0.2, 0.25) is 0 Å². The Morgan fingerprint density at radius 2 is 1.77 bits per heavy atom. The van der Waals surface area contributed by atoms with Crippen molar-refractivity contribution in [3.63, 3.8) is 0 Å². The number of hydrogen-bond donors (Lipinski definition) is 0. The molecule has 0 aliphatic carbocycles. The van der Waals surface area contributed by atoms with Crippen LogP contribution in [-0.2, 0) is 4.65 Å². The van der Waals surface area contributed by atoms with Crippen LogP contribution in [0.15, 0.2) is 0 Å². The van der Waals surface area contributed by atoms with Crippen molar-refractivity contribution in [1.82, 2.24) is 0 Å². The van der Waals surface area contributed by atoms with Gasteiger partial charge in [-0.2, -0.15) is 0 Å². The van der Waals surface area contributed by atoms with E-state index in [2.05, 4.69) is 18.5 Å². The van der Waals surface area contributed by atoms with Gasteiger partial charge in [-0.25, -0.2) is 0 Å². The second-order valence-corrected chi connectivity index (χ2v) is 3.40. The fraction of sp³-hybridized carbons (Fsp3) is 1.00. The molecule has 0 spiro atoms. The van der Waals surface area contributed by atoms with E-state index < -0.39 is 7.32 Å². The molecule has 0 saturated heterocycles. The van der Waals surface area contributed by atoms with Gasteiger partial charge in [-0.1, -0.05) is 33.1 Å². The van der Waals surface area contributed by atoms with Crippen LogP contribution in [0.4, 0.5) is 0 Å². The summed E-state index contributed by atoms with van der Waals surface area (Å²) in [6.07, 6.45) is 4.24. The molecule has 0 amide bonds. The quantitative estimate of drug-likeness (QED) is 0.424. The smallest absolute Gasteiger partial charge is 0.871 e. The summed E-state index contributed by atoms with van der Waals surface area (Å²) in [5.41, 5.74) is 0. The zero-order valence-corrected chi connectivity index (χ0v) is 10.8. The first-order valence-electron chi connectivity index (χ1n) is 4.56. The maximum atomic E-state index is 9.89. The van der Waals surface area contributed by atoms with Gasteiger partial charge < -0.3 is 14.7 Å². The fourth-order valence-electron chi connectivity index (χ4n) is 1.01. The molecular formula is C8H17BCaO3. The molecule has 0 saturated carbocycles. The standard InChI is InChI=1S/C8H17BO3.Ca/c1-8(2)6-4-3-5-7-12-9(10)11;/h8H,3-7H2,1-2H3;/q-2;+2. The Hall–Kier alpha value is 1.20. The summed E-state index contributed by atoms with van der Waals surface area (Å²) < 4.78 is 4.34. The van der Waals surface area contributed by atoms with E-state index in [1.54, 1.807) is 0 Å². The van der Waals surface area contributed by atoms with E-state index in [0.29, 0.717) is 6.61 Å². The van der Waals surface area contributed by atoms with Crippen LogP contribution in [-0.4, -0.2) is 51.7 Å². The van der Waals surface area contributed by atoms with E-state index in [4.69, 9.17) is 0 Å². The van der Waals surface area contributed by atoms with Gasteiger partial charge in [0.15, 0.2) is 0 Å². The van der Waals surface area contributed by atoms with Gasteiger partial charge in [0, 0.05) is 6.61 Å². The van der Waals surface area contributed by atoms with Crippen LogP contribution in [0, 0.1) is 5.92 Å². The maximum Gasteiger partial charge on any atom is 2.00 e. The minimum Gasteiger partial charge on any atom is -0.871 e. The minimum atomic E-state index is -2.10. The maximum absolute atomic E-state index is 9.89. The third-order valence-corrected chi connectivity index (χ3v) is 1.68. The molecule has 0 bridgehead atoms. The van der Waals surface area contributed by atoms with Crippen molar-refractivity contribution >= 4 is 45.1 Å². The molecule has 0 aliphatic rings. The molecule has 13 heavy (non-hydrogen) atoms. The zero-order chi connectivity index (χ0) is 9.40. The van der Waals surface area contributed by atoms with E-state index in [9.17, 15) is 10.0 Å². The fourth-order valence-corrected chi connectivity index (χ4v) is 1.01.